The number of aryl methyl sites for hydroxylation is 2. The Morgan fingerprint density at radius 1 is 1.15 bits per heavy atom. The lowest BCUT2D eigenvalue weighted by Crippen LogP contribution is -2.41. The molecule has 0 aliphatic carbocycles. The van der Waals surface area contributed by atoms with Crippen LogP contribution in [0.1, 0.15) is 61.6 Å². The summed E-state index contributed by atoms with van der Waals surface area (Å²) in [6.45, 7) is 13.7. The molecule has 4 heterocycles. The quantitative estimate of drug-likeness (QED) is 0.490. The zero-order chi connectivity index (χ0) is 27.9. The molecule has 10 nitrogen and oxygen atoms in total. The zero-order valence-electron chi connectivity index (χ0n) is 23.8. The van der Waals surface area contributed by atoms with Gasteiger partial charge >= 0.3 is 6.09 Å². The number of anilines is 3. The lowest BCUT2D eigenvalue weighted by Gasteiger charge is -2.34. The molecule has 1 atom stereocenters. The van der Waals surface area contributed by atoms with Gasteiger partial charge in [0.25, 0.3) is 0 Å². The molecule has 208 valence electrons. The molecule has 1 amide bonds. The van der Waals surface area contributed by atoms with E-state index in [0.29, 0.717) is 31.3 Å². The number of aliphatic hydroxyl groups is 1. The van der Waals surface area contributed by atoms with Crippen molar-refractivity contribution < 1.29 is 14.6 Å². The fourth-order valence-electron chi connectivity index (χ4n) is 5.30. The van der Waals surface area contributed by atoms with E-state index in [1.54, 1.807) is 11.2 Å². The molecule has 3 aromatic rings. The topological polar surface area (TPSA) is 109 Å². The average Bonchev–Trinajstić information content (AvgIpc) is 3.54. The van der Waals surface area contributed by atoms with Crippen molar-refractivity contribution >= 4 is 23.7 Å². The summed E-state index contributed by atoms with van der Waals surface area (Å²) in [7, 11) is 0. The number of fused-ring (bicyclic) bond motifs is 1. The molecule has 2 aromatic heterocycles. The number of amides is 1. The minimum atomic E-state index is -0.571. The number of rotatable bonds is 5. The van der Waals surface area contributed by atoms with Crippen molar-refractivity contribution in [2.75, 3.05) is 29.9 Å². The molecule has 5 rings (SSSR count). The van der Waals surface area contributed by atoms with Crippen LogP contribution < -0.4 is 10.2 Å². The second kappa shape index (κ2) is 10.5. The zero-order valence-corrected chi connectivity index (χ0v) is 23.8. The van der Waals surface area contributed by atoms with E-state index in [-0.39, 0.29) is 18.7 Å². The number of aromatic nitrogens is 4. The van der Waals surface area contributed by atoms with Crippen LogP contribution in [0.25, 0.3) is 5.69 Å². The SMILES string of the molecule is Cc1cc(-n2cnc(Nc3nc4c(c(N5CCC[C@H]5CO)n3)CCN(C(=O)OC(C)(C)C)C4)c2)cc(C)c1C. The van der Waals surface area contributed by atoms with Crippen LogP contribution in [0.4, 0.5) is 22.4 Å². The molecule has 0 saturated carbocycles. The Morgan fingerprint density at radius 2 is 1.90 bits per heavy atom. The van der Waals surface area contributed by atoms with Crippen LogP contribution in [0.3, 0.4) is 0 Å². The highest BCUT2D eigenvalue weighted by Gasteiger charge is 2.33. The lowest BCUT2D eigenvalue weighted by atomic mass is 10.0. The summed E-state index contributed by atoms with van der Waals surface area (Å²) in [5.74, 6) is 1.86. The predicted molar refractivity (Wildman–Crippen MR) is 151 cm³/mol. The van der Waals surface area contributed by atoms with Crippen molar-refractivity contribution in [2.24, 2.45) is 0 Å². The number of hydrogen-bond donors (Lipinski definition) is 2. The molecule has 10 heteroatoms. The number of nitrogens with one attached hydrogen (secondary N) is 1. The molecule has 1 fully saturated rings. The van der Waals surface area contributed by atoms with E-state index in [4.69, 9.17) is 14.7 Å². The normalized spacial score (nSPS) is 17.4. The first-order valence-corrected chi connectivity index (χ1v) is 13.7. The fraction of sp³-hybridized carbons (Fsp3) is 0.517. The van der Waals surface area contributed by atoms with Crippen molar-refractivity contribution in [1.29, 1.82) is 0 Å². The second-order valence-corrected chi connectivity index (χ2v) is 11.6. The Kier molecular flexibility index (Phi) is 7.24. The van der Waals surface area contributed by atoms with Crippen molar-refractivity contribution in [2.45, 2.75) is 79.0 Å². The lowest BCUT2D eigenvalue weighted by molar-refractivity contribution is 0.0221. The Labute approximate surface area is 230 Å². The maximum atomic E-state index is 12.8. The molecule has 0 radical (unpaired) electrons. The third-order valence-corrected chi connectivity index (χ3v) is 7.59. The van der Waals surface area contributed by atoms with Gasteiger partial charge in [0.05, 0.1) is 31.1 Å². The molecular weight excluding hydrogens is 494 g/mol. The number of imidazole rings is 1. The molecule has 39 heavy (non-hydrogen) atoms. The largest absolute Gasteiger partial charge is 0.444 e. The molecule has 1 aromatic carbocycles. The van der Waals surface area contributed by atoms with Gasteiger partial charge in [0.2, 0.25) is 5.95 Å². The second-order valence-electron chi connectivity index (χ2n) is 11.6. The third-order valence-electron chi connectivity index (χ3n) is 7.59. The van der Waals surface area contributed by atoms with E-state index in [9.17, 15) is 9.90 Å². The van der Waals surface area contributed by atoms with Gasteiger partial charge in [0.15, 0.2) is 5.82 Å². The van der Waals surface area contributed by atoms with Crippen molar-refractivity contribution in [3.63, 3.8) is 0 Å². The highest BCUT2D eigenvalue weighted by atomic mass is 16.6. The summed E-state index contributed by atoms with van der Waals surface area (Å²) in [5.41, 5.74) is 6.03. The van der Waals surface area contributed by atoms with Crippen molar-refractivity contribution in [3.8, 4) is 5.69 Å². The monoisotopic (exact) mass is 533 g/mol. The molecule has 0 bridgehead atoms. The summed E-state index contributed by atoms with van der Waals surface area (Å²) in [6.07, 6.45) is 5.89. The predicted octanol–water partition coefficient (Wildman–Crippen LogP) is 4.59. The van der Waals surface area contributed by atoms with Crippen LogP contribution in [0.2, 0.25) is 0 Å². The minimum Gasteiger partial charge on any atom is -0.444 e. The molecule has 2 N–H and O–H groups in total. The van der Waals surface area contributed by atoms with Crippen LogP contribution in [-0.2, 0) is 17.7 Å². The summed E-state index contributed by atoms with van der Waals surface area (Å²) >= 11 is 0. The number of carbonyl (C=O) groups excluding carboxylic acids is 1. The Balaban J connectivity index is 1.46. The highest BCUT2D eigenvalue weighted by Crippen LogP contribution is 2.33. The maximum absolute atomic E-state index is 12.8. The third kappa shape index (κ3) is 5.71. The number of aliphatic hydroxyl groups excluding tert-OH is 1. The number of carbonyl (C=O) groups is 1. The molecule has 0 unspecified atom stereocenters. The molecular formula is C29H39N7O3. The standard InChI is InChI=1S/C29H39N7O3/c1-18-12-22(13-19(2)20(18)3)35-15-25(30-17-35)32-27-31-24-14-34(28(38)39-29(4,5)6)11-9-23(24)26(33-27)36-10-7-8-21(36)16-37/h12-13,15,17,21,37H,7-11,14,16H2,1-6H3,(H,31,32,33)/t21-/m0/s1. The van der Waals surface area contributed by atoms with Crippen LogP contribution in [0, 0.1) is 20.8 Å². The van der Waals surface area contributed by atoms with Gasteiger partial charge in [-0.1, -0.05) is 0 Å². The first-order valence-electron chi connectivity index (χ1n) is 13.7. The number of benzene rings is 1. The smallest absolute Gasteiger partial charge is 0.410 e. The van der Waals surface area contributed by atoms with E-state index in [1.807, 2.05) is 31.5 Å². The Hall–Kier alpha value is -3.66. The van der Waals surface area contributed by atoms with Crippen LogP contribution in [0.5, 0.6) is 0 Å². The number of ether oxygens (including phenoxy) is 1. The van der Waals surface area contributed by atoms with Gasteiger partial charge in [0.1, 0.15) is 17.7 Å². The Bertz CT molecular complexity index is 1350. The maximum Gasteiger partial charge on any atom is 0.410 e. The van der Waals surface area contributed by atoms with E-state index in [0.717, 1.165) is 42.1 Å². The van der Waals surface area contributed by atoms with E-state index in [2.05, 4.69) is 48.1 Å². The first kappa shape index (κ1) is 26.9. The number of nitrogens with zero attached hydrogens (tertiary/aromatic N) is 6. The van der Waals surface area contributed by atoms with Gasteiger partial charge in [-0.3, -0.25) is 0 Å². The molecule has 1 saturated heterocycles. The van der Waals surface area contributed by atoms with Crippen molar-refractivity contribution in [3.05, 3.63) is 52.6 Å². The summed E-state index contributed by atoms with van der Waals surface area (Å²) in [6, 6.07) is 4.32. The van der Waals surface area contributed by atoms with Gasteiger partial charge in [-0.2, -0.15) is 4.98 Å². The van der Waals surface area contributed by atoms with E-state index < -0.39 is 5.60 Å². The van der Waals surface area contributed by atoms with Crippen LogP contribution in [-0.4, -0.2) is 67.0 Å². The summed E-state index contributed by atoms with van der Waals surface area (Å²) < 4.78 is 7.60. The first-order chi connectivity index (χ1) is 18.5. The average molecular weight is 534 g/mol. The molecule has 2 aliphatic heterocycles. The summed E-state index contributed by atoms with van der Waals surface area (Å²) in [4.78, 5) is 31.0. The van der Waals surface area contributed by atoms with Crippen LogP contribution >= 0.6 is 0 Å². The highest BCUT2D eigenvalue weighted by molar-refractivity contribution is 5.69. The number of hydrogen-bond acceptors (Lipinski definition) is 8. The van der Waals surface area contributed by atoms with E-state index >= 15 is 0 Å². The van der Waals surface area contributed by atoms with Crippen LogP contribution in [0.15, 0.2) is 24.7 Å². The van der Waals surface area contributed by atoms with E-state index in [1.165, 1.54) is 16.7 Å². The Morgan fingerprint density at radius 3 is 2.59 bits per heavy atom. The molecule has 2 aliphatic rings. The fourth-order valence-corrected chi connectivity index (χ4v) is 5.30. The molecule has 0 spiro atoms. The van der Waals surface area contributed by atoms with Gasteiger partial charge in [-0.15, -0.1) is 0 Å². The van der Waals surface area contributed by atoms with Gasteiger partial charge in [-0.25, -0.2) is 14.8 Å². The van der Waals surface area contributed by atoms with Gasteiger partial charge in [0, 0.05) is 24.3 Å². The minimum absolute atomic E-state index is 0.0213. The van der Waals surface area contributed by atoms with Crippen molar-refractivity contribution in [1.82, 2.24) is 24.4 Å². The van der Waals surface area contributed by atoms with Gasteiger partial charge in [-0.05, 0) is 89.6 Å². The summed E-state index contributed by atoms with van der Waals surface area (Å²) in [5, 5.41) is 13.3. The van der Waals surface area contributed by atoms with Gasteiger partial charge < -0.3 is 29.5 Å².